The van der Waals surface area contributed by atoms with Crippen molar-refractivity contribution in [2.75, 3.05) is 0 Å². The van der Waals surface area contributed by atoms with Gasteiger partial charge in [0, 0.05) is 0 Å². The van der Waals surface area contributed by atoms with Crippen molar-refractivity contribution in [3.63, 3.8) is 0 Å². The summed E-state index contributed by atoms with van der Waals surface area (Å²) in [5, 5.41) is 10.5. The maximum absolute atomic E-state index is 12.7. The number of aromatic amines is 1. The van der Waals surface area contributed by atoms with Gasteiger partial charge in [-0.1, -0.05) is 48.5 Å². The summed E-state index contributed by atoms with van der Waals surface area (Å²) in [5.74, 6) is -0.0585. The molecule has 0 atom stereocenters. The summed E-state index contributed by atoms with van der Waals surface area (Å²) in [6.45, 7) is 3.43. The third kappa shape index (κ3) is 6.14. The number of nitrogens with zero attached hydrogens (tertiary/aromatic N) is 1. The molecular weight excluding hydrogens is 498 g/mol. The van der Waals surface area contributed by atoms with Crippen LogP contribution in [0.2, 0.25) is 0 Å². The summed E-state index contributed by atoms with van der Waals surface area (Å²) in [4.78, 5) is 7.65. The van der Waals surface area contributed by atoms with E-state index < -0.39 is 29.8 Å². The minimum atomic E-state index is -5.59. The second-order valence-corrected chi connectivity index (χ2v) is 8.94. The molecule has 0 amide bonds. The SMILES string of the molecule is CC(C)(O)c1ccccc1-c1ccc2nc(C=Cc3ccc(OC(C(F)(F)F)C(F)(F)F)cc3)[nH]c2c1. The lowest BCUT2D eigenvalue weighted by atomic mass is 9.89. The van der Waals surface area contributed by atoms with Gasteiger partial charge in [0.2, 0.25) is 0 Å². The summed E-state index contributed by atoms with van der Waals surface area (Å²) >= 11 is 0. The zero-order valence-electron chi connectivity index (χ0n) is 19.7. The van der Waals surface area contributed by atoms with Crippen molar-refractivity contribution < 1.29 is 36.2 Å². The van der Waals surface area contributed by atoms with Gasteiger partial charge in [-0.3, -0.25) is 0 Å². The van der Waals surface area contributed by atoms with Crippen LogP contribution in [0.15, 0.2) is 66.7 Å². The van der Waals surface area contributed by atoms with Crippen molar-refractivity contribution in [1.82, 2.24) is 9.97 Å². The lowest BCUT2D eigenvalue weighted by Crippen LogP contribution is -2.46. The van der Waals surface area contributed by atoms with Gasteiger partial charge in [-0.25, -0.2) is 4.98 Å². The molecule has 194 valence electrons. The summed E-state index contributed by atoms with van der Waals surface area (Å²) in [7, 11) is 0. The Hall–Kier alpha value is -3.79. The lowest BCUT2D eigenvalue weighted by Gasteiger charge is -2.23. The first-order chi connectivity index (χ1) is 17.2. The highest BCUT2D eigenvalue weighted by molar-refractivity contribution is 5.84. The van der Waals surface area contributed by atoms with Crippen molar-refractivity contribution in [1.29, 1.82) is 0 Å². The molecule has 0 aliphatic carbocycles. The van der Waals surface area contributed by atoms with Gasteiger partial charge >= 0.3 is 12.4 Å². The van der Waals surface area contributed by atoms with Crippen LogP contribution in [0, 0.1) is 0 Å². The van der Waals surface area contributed by atoms with Gasteiger partial charge in [0.1, 0.15) is 11.6 Å². The Morgan fingerprint density at radius 1 is 0.865 bits per heavy atom. The van der Waals surface area contributed by atoms with Crippen LogP contribution in [0.1, 0.15) is 30.8 Å². The smallest absolute Gasteiger partial charge is 0.434 e. The molecule has 2 N–H and O–H groups in total. The van der Waals surface area contributed by atoms with E-state index in [9.17, 15) is 31.4 Å². The number of imidazole rings is 1. The highest BCUT2D eigenvalue weighted by Crippen LogP contribution is 2.37. The molecule has 1 aromatic heterocycles. The van der Waals surface area contributed by atoms with Crippen LogP contribution in [-0.4, -0.2) is 33.5 Å². The zero-order chi connectivity index (χ0) is 27.0. The molecule has 4 nitrogen and oxygen atoms in total. The lowest BCUT2D eigenvalue weighted by molar-refractivity contribution is -0.299. The van der Waals surface area contributed by atoms with Crippen molar-refractivity contribution in [3.8, 4) is 16.9 Å². The molecule has 3 aromatic carbocycles. The molecule has 0 fully saturated rings. The molecule has 0 radical (unpaired) electrons. The molecule has 4 rings (SSSR count). The molecule has 1 heterocycles. The van der Waals surface area contributed by atoms with Crippen molar-refractivity contribution in [2.45, 2.75) is 37.9 Å². The van der Waals surface area contributed by atoms with Crippen LogP contribution in [0.25, 0.3) is 34.3 Å². The van der Waals surface area contributed by atoms with Gasteiger partial charge in [-0.05, 0) is 66.4 Å². The second-order valence-electron chi connectivity index (χ2n) is 8.94. The van der Waals surface area contributed by atoms with Crippen LogP contribution >= 0.6 is 0 Å². The molecule has 0 bridgehead atoms. The average Bonchev–Trinajstić information content (AvgIpc) is 3.22. The summed E-state index contributed by atoms with van der Waals surface area (Å²) < 4.78 is 80.3. The third-order valence-electron chi connectivity index (χ3n) is 5.56. The van der Waals surface area contributed by atoms with E-state index in [2.05, 4.69) is 14.7 Å². The van der Waals surface area contributed by atoms with Gasteiger partial charge in [0.25, 0.3) is 6.10 Å². The van der Waals surface area contributed by atoms with E-state index in [-0.39, 0.29) is 0 Å². The van der Waals surface area contributed by atoms with Gasteiger partial charge in [-0.2, -0.15) is 26.3 Å². The largest absolute Gasteiger partial charge is 0.471 e. The average molecular weight is 520 g/mol. The number of aliphatic hydroxyl groups is 1. The number of H-pyrrole nitrogens is 1. The van der Waals surface area contributed by atoms with Gasteiger partial charge in [0.15, 0.2) is 0 Å². The van der Waals surface area contributed by atoms with Crippen molar-refractivity contribution in [3.05, 3.63) is 83.7 Å². The van der Waals surface area contributed by atoms with Crippen molar-refractivity contribution >= 4 is 23.2 Å². The van der Waals surface area contributed by atoms with E-state index in [1.807, 2.05) is 42.5 Å². The molecule has 0 aliphatic rings. The van der Waals surface area contributed by atoms with Gasteiger partial charge < -0.3 is 14.8 Å². The normalized spacial score (nSPS) is 13.1. The fraction of sp³-hybridized carbons (Fsp3) is 0.222. The third-order valence-corrected chi connectivity index (χ3v) is 5.56. The number of rotatable bonds is 6. The first-order valence-electron chi connectivity index (χ1n) is 11.1. The predicted molar refractivity (Wildman–Crippen MR) is 129 cm³/mol. The minimum Gasteiger partial charge on any atom is -0.471 e. The molecule has 0 saturated heterocycles. The van der Waals surface area contributed by atoms with E-state index in [4.69, 9.17) is 0 Å². The molecule has 10 heteroatoms. The number of alkyl halides is 6. The molecule has 0 aliphatic heterocycles. The molecule has 4 aromatic rings. The number of nitrogens with one attached hydrogen (secondary N) is 1. The minimum absolute atomic E-state index is 0.498. The highest BCUT2D eigenvalue weighted by Gasteiger charge is 2.59. The number of hydrogen-bond acceptors (Lipinski definition) is 3. The number of aromatic nitrogens is 2. The van der Waals surface area contributed by atoms with E-state index >= 15 is 0 Å². The molecule has 0 saturated carbocycles. The fourth-order valence-electron chi connectivity index (χ4n) is 3.83. The summed E-state index contributed by atoms with van der Waals surface area (Å²) in [6.07, 6.45) is -11.8. The summed E-state index contributed by atoms with van der Waals surface area (Å²) in [6, 6.07) is 17.9. The quantitative estimate of drug-likeness (QED) is 0.259. The van der Waals surface area contributed by atoms with Crippen LogP contribution in [0.5, 0.6) is 5.75 Å². The number of ether oxygens (including phenoxy) is 1. The van der Waals surface area contributed by atoms with Crippen LogP contribution in [0.4, 0.5) is 26.3 Å². The monoisotopic (exact) mass is 520 g/mol. The first-order valence-corrected chi connectivity index (χ1v) is 11.1. The Labute approximate surface area is 208 Å². The number of benzene rings is 3. The number of hydrogen-bond donors (Lipinski definition) is 2. The topological polar surface area (TPSA) is 58.1 Å². The maximum atomic E-state index is 12.7. The van der Waals surface area contributed by atoms with Crippen molar-refractivity contribution in [2.24, 2.45) is 0 Å². The predicted octanol–water partition coefficient (Wildman–Crippen LogP) is 7.50. The van der Waals surface area contributed by atoms with E-state index in [0.29, 0.717) is 16.9 Å². The highest BCUT2D eigenvalue weighted by atomic mass is 19.4. The van der Waals surface area contributed by atoms with Crippen LogP contribution < -0.4 is 4.74 Å². The van der Waals surface area contributed by atoms with E-state index in [0.717, 1.165) is 34.3 Å². The van der Waals surface area contributed by atoms with E-state index in [1.165, 1.54) is 12.1 Å². The maximum Gasteiger partial charge on any atom is 0.434 e. The molecule has 37 heavy (non-hydrogen) atoms. The van der Waals surface area contributed by atoms with Gasteiger partial charge in [-0.15, -0.1) is 0 Å². The first kappa shape index (κ1) is 26.3. The Morgan fingerprint density at radius 3 is 2.14 bits per heavy atom. The Balaban J connectivity index is 1.53. The fourth-order valence-corrected chi connectivity index (χ4v) is 3.83. The summed E-state index contributed by atoms with van der Waals surface area (Å²) in [5.41, 5.74) is 3.46. The standard InChI is InChI=1S/C27H22F6N2O2/c1-25(2,36)20-6-4-3-5-19(20)17-10-13-21-22(15-17)35-23(34-21)14-9-16-7-11-18(12-8-16)37-24(26(28,29)30)27(31,32)33/h3-15,24,36H,1-2H3,(H,34,35). The number of fused-ring (bicyclic) bond motifs is 1. The number of halogens is 6. The molecule has 0 spiro atoms. The Morgan fingerprint density at radius 2 is 1.51 bits per heavy atom. The Kier molecular flexibility index (Phi) is 6.81. The molecule has 0 unspecified atom stereocenters. The zero-order valence-corrected chi connectivity index (χ0v) is 19.7. The van der Waals surface area contributed by atoms with Gasteiger partial charge in [0.05, 0.1) is 16.6 Å². The van der Waals surface area contributed by atoms with Crippen LogP contribution in [0.3, 0.4) is 0 Å². The Bertz CT molecular complexity index is 1400. The van der Waals surface area contributed by atoms with E-state index in [1.54, 1.807) is 26.0 Å². The molecular formula is C27H22F6N2O2. The van der Waals surface area contributed by atoms with Crippen LogP contribution in [-0.2, 0) is 5.60 Å². The second kappa shape index (κ2) is 9.59.